The molecule has 20 nitrogen and oxygen atoms in total. The number of aliphatic hydroxyl groups is 3. The number of rotatable bonds is 10. The van der Waals surface area contributed by atoms with E-state index in [-0.39, 0.29) is 81.0 Å². The first-order valence-electron chi connectivity index (χ1n) is 26.8. The fourth-order valence-electron chi connectivity index (χ4n) is 12.7. The summed E-state index contributed by atoms with van der Waals surface area (Å²) in [5.74, 6) is -2.84. The second-order valence-electron chi connectivity index (χ2n) is 22.4. The predicted octanol–water partition coefficient (Wildman–Crippen LogP) is 5.60. The van der Waals surface area contributed by atoms with E-state index in [1.807, 2.05) is 13.8 Å². The van der Waals surface area contributed by atoms with Crippen LogP contribution in [0.15, 0.2) is 57.3 Å². The molecule has 77 heavy (non-hydrogen) atoms. The molecule has 1 saturated carbocycles. The van der Waals surface area contributed by atoms with Crippen molar-refractivity contribution in [3.8, 4) is 22.6 Å². The molecule has 3 aliphatic carbocycles. The summed E-state index contributed by atoms with van der Waals surface area (Å²) in [6.45, 7) is 10.3. The monoisotopic (exact) mass is 1070 g/mol. The first-order chi connectivity index (χ1) is 36.5. The molecule has 2 aromatic carbocycles. The number of carbonyl (C=O) groups excluding carboxylic acids is 4. The Kier molecular flexibility index (Phi) is 14.2. The number of fused-ring (bicyclic) bond motifs is 3. The molecule has 11 rings (SSSR count). The number of hydrogen-bond acceptors (Lipinski definition) is 20. The van der Waals surface area contributed by atoms with Gasteiger partial charge in [-0.25, -0.2) is 4.79 Å². The largest absolute Gasteiger partial charge is 0.508 e. The topological polar surface area (TPSA) is 283 Å². The number of carbonyl (C=O) groups is 4. The van der Waals surface area contributed by atoms with Gasteiger partial charge in [-0.2, -0.15) is 0 Å². The Balaban J connectivity index is 0.882. The summed E-state index contributed by atoms with van der Waals surface area (Å²) in [6, 6.07) is 7.12. The molecule has 0 amide bonds. The highest BCUT2D eigenvalue weighted by Gasteiger charge is 2.67. The minimum absolute atomic E-state index is 0.0134. The smallest absolute Gasteiger partial charge is 0.344 e. The van der Waals surface area contributed by atoms with E-state index in [9.17, 15) is 44.7 Å². The average molecular weight is 1070 g/mol. The Morgan fingerprint density at radius 2 is 1.26 bits per heavy atom. The summed E-state index contributed by atoms with van der Waals surface area (Å²) >= 11 is 0. The van der Waals surface area contributed by atoms with E-state index < -0.39 is 131 Å². The number of ketones is 4. The molecule has 1 aromatic heterocycles. The van der Waals surface area contributed by atoms with Crippen molar-refractivity contribution in [2.45, 2.75) is 215 Å². The molecule has 5 aliphatic heterocycles. The minimum Gasteiger partial charge on any atom is -0.508 e. The number of hydrogen-bond donors (Lipinski definition) is 5. The Bertz CT molecular complexity index is 3000. The van der Waals surface area contributed by atoms with E-state index in [0.29, 0.717) is 51.4 Å². The third kappa shape index (κ3) is 9.54. The van der Waals surface area contributed by atoms with Gasteiger partial charge in [0, 0.05) is 85.3 Å². The van der Waals surface area contributed by atoms with Gasteiger partial charge in [-0.15, -0.1) is 0 Å². The summed E-state index contributed by atoms with van der Waals surface area (Å²) in [6.07, 6.45) is -4.74. The summed E-state index contributed by atoms with van der Waals surface area (Å²) < 4.78 is 61.8. The lowest BCUT2D eigenvalue weighted by Crippen LogP contribution is -2.68. The fraction of sp³-hybridized carbons (Fsp3) is 0.596. The van der Waals surface area contributed by atoms with Crippen molar-refractivity contribution in [2.75, 3.05) is 0 Å². The van der Waals surface area contributed by atoms with Crippen LogP contribution in [0.25, 0.3) is 27.5 Å². The van der Waals surface area contributed by atoms with Gasteiger partial charge in [0.2, 0.25) is 0 Å². The van der Waals surface area contributed by atoms with Gasteiger partial charge in [0.05, 0.1) is 59.5 Å². The number of phenols is 2. The maximum atomic E-state index is 15.2. The summed E-state index contributed by atoms with van der Waals surface area (Å²) in [5, 5.41) is 59.8. The molecule has 414 valence electrons. The summed E-state index contributed by atoms with van der Waals surface area (Å²) in [7, 11) is 0. The van der Waals surface area contributed by atoms with Crippen molar-refractivity contribution in [3.63, 3.8) is 0 Å². The molecule has 3 aromatic rings. The zero-order valence-electron chi connectivity index (χ0n) is 43.8. The highest BCUT2D eigenvalue weighted by Crippen LogP contribution is 2.57. The highest BCUT2D eigenvalue weighted by molar-refractivity contribution is 6.31. The van der Waals surface area contributed by atoms with E-state index in [0.717, 1.165) is 6.08 Å². The van der Waals surface area contributed by atoms with Crippen LogP contribution >= 0.6 is 0 Å². The first kappa shape index (κ1) is 53.9. The normalized spacial score (nSPS) is 39.4. The average Bonchev–Trinajstić information content (AvgIpc) is 3.37. The van der Waals surface area contributed by atoms with E-state index in [2.05, 4.69) is 0 Å². The fourth-order valence-corrected chi connectivity index (χ4v) is 12.7. The van der Waals surface area contributed by atoms with Crippen molar-refractivity contribution in [1.82, 2.24) is 0 Å². The predicted molar refractivity (Wildman–Crippen MR) is 268 cm³/mol. The van der Waals surface area contributed by atoms with Crippen molar-refractivity contribution in [3.05, 3.63) is 75.4 Å². The van der Waals surface area contributed by atoms with Gasteiger partial charge in [0.15, 0.2) is 53.9 Å². The SMILES string of the molecule is CC1OC(OC2CCC(OC3CC(c4cc5c(-c6ccc(O)cc6)c(=O)oc6c5c(c4O)C(=O)C4=C6[C@@]5(O)C(=O)C[C@](C)(OC6CCC(OC7CCC(=O)C(C)O7)C(C)O6)C[C@@]5(O)C=C4)OC(C)C3O)OC2C)CCC1=O. The third-order valence-corrected chi connectivity index (χ3v) is 16.9. The van der Waals surface area contributed by atoms with Crippen LogP contribution in [0.2, 0.25) is 0 Å². The standard InChI is InChI=1S/C57H66O20/c1-25-35(59)11-15-42(69-25)73-37-13-17-44(71-27(37)3)75-40-22-39(68-29(5)50(40)62)33-21-34-46(30-7-9-31(58)10-8-30)54(65)76-53-47(34)48(52(33)64)51(63)32-19-20-56(66)24-55(6,23-41(61)57(56,67)49(32)53)77-45-18-14-38(28(4)72-45)74-43-16-12-36(60)26(2)70-43/h7-10,19-21,25-29,37-40,42-45,50,58,62,64,66-67H,11-18,22-24H2,1-6H3/t25?,26?,27?,28?,29?,37?,38?,39?,40?,42?,43?,44?,45?,50?,55-,56-,57-/m0/s1. The third-order valence-electron chi connectivity index (χ3n) is 16.9. The van der Waals surface area contributed by atoms with Gasteiger partial charge in [-0.05, 0) is 84.2 Å². The van der Waals surface area contributed by atoms with Gasteiger partial charge < -0.3 is 72.6 Å². The zero-order chi connectivity index (χ0) is 54.6. The van der Waals surface area contributed by atoms with Crippen molar-refractivity contribution in [2.24, 2.45) is 0 Å². The van der Waals surface area contributed by atoms with Crippen molar-refractivity contribution >= 4 is 39.5 Å². The second kappa shape index (κ2) is 20.2. The minimum atomic E-state index is -2.88. The molecular weight excluding hydrogens is 1000 g/mol. The molecule has 0 radical (unpaired) electrons. The van der Waals surface area contributed by atoms with Crippen LogP contribution in [-0.4, -0.2) is 146 Å². The number of aliphatic hydroxyl groups excluding tert-OH is 1. The van der Waals surface area contributed by atoms with Crippen LogP contribution in [0, 0.1) is 0 Å². The Hall–Kier alpha value is -5.07. The van der Waals surface area contributed by atoms with E-state index >= 15 is 4.79 Å². The van der Waals surface area contributed by atoms with E-state index in [4.69, 9.17) is 47.0 Å². The van der Waals surface area contributed by atoms with Gasteiger partial charge in [-0.3, -0.25) is 19.2 Å². The van der Waals surface area contributed by atoms with E-state index in [1.54, 1.807) is 27.7 Å². The summed E-state index contributed by atoms with van der Waals surface area (Å²) in [4.78, 5) is 68.7. The van der Waals surface area contributed by atoms with Gasteiger partial charge >= 0.3 is 5.63 Å². The molecule has 6 heterocycles. The molecular formula is C57H66O20. The number of allylic oxidation sites excluding steroid dienone is 2. The molecule has 0 bridgehead atoms. The molecule has 8 aliphatic rings. The second-order valence-corrected chi connectivity index (χ2v) is 22.4. The molecule has 5 saturated heterocycles. The molecule has 0 spiro atoms. The van der Waals surface area contributed by atoms with Crippen LogP contribution < -0.4 is 5.63 Å². The number of Topliss-reactive ketones (excluding diaryl/α,β-unsaturated/α-hetero) is 4. The number of aromatic hydroxyl groups is 2. The molecule has 20 heteroatoms. The molecule has 17 atom stereocenters. The highest BCUT2D eigenvalue weighted by atomic mass is 16.7. The van der Waals surface area contributed by atoms with Crippen LogP contribution in [0.5, 0.6) is 11.5 Å². The Morgan fingerprint density at radius 3 is 1.87 bits per heavy atom. The number of phenolic OH excluding ortho intramolecular Hbond substituents is 2. The van der Waals surface area contributed by atoms with Crippen LogP contribution in [0.4, 0.5) is 0 Å². The zero-order valence-corrected chi connectivity index (χ0v) is 43.8. The lowest BCUT2D eigenvalue weighted by molar-refractivity contribution is -0.296. The van der Waals surface area contributed by atoms with Gasteiger partial charge in [0.25, 0.3) is 0 Å². The molecule has 14 unspecified atom stereocenters. The van der Waals surface area contributed by atoms with Gasteiger partial charge in [-0.1, -0.05) is 18.2 Å². The van der Waals surface area contributed by atoms with Gasteiger partial charge in [0.1, 0.15) is 41.2 Å². The maximum absolute atomic E-state index is 15.2. The van der Waals surface area contributed by atoms with Crippen LogP contribution in [0.3, 0.4) is 0 Å². The first-order valence-corrected chi connectivity index (χ1v) is 26.8. The Labute approximate surface area is 443 Å². The summed E-state index contributed by atoms with van der Waals surface area (Å²) in [5.41, 5.74) is -8.58. The van der Waals surface area contributed by atoms with E-state index in [1.165, 1.54) is 36.4 Å². The van der Waals surface area contributed by atoms with Crippen LogP contribution in [-0.2, 0) is 57.0 Å². The quantitative estimate of drug-likeness (QED) is 0.165. The lowest BCUT2D eigenvalue weighted by Gasteiger charge is -2.53. The number of benzene rings is 2. The van der Waals surface area contributed by atoms with Crippen LogP contribution in [0.1, 0.15) is 140 Å². The van der Waals surface area contributed by atoms with Crippen molar-refractivity contribution in [1.29, 1.82) is 0 Å². The molecule has 6 fully saturated rings. The maximum Gasteiger partial charge on any atom is 0.344 e. The lowest BCUT2D eigenvalue weighted by atomic mass is 9.58. The van der Waals surface area contributed by atoms with Crippen molar-refractivity contribution < 1.29 is 91.8 Å². The number of ether oxygens (including phenoxy) is 9. The molecule has 5 N–H and O–H groups in total. The Morgan fingerprint density at radius 1 is 0.675 bits per heavy atom.